The van der Waals surface area contributed by atoms with Crippen molar-refractivity contribution >= 4 is 69.0 Å². The van der Waals surface area contributed by atoms with Gasteiger partial charge in [-0.1, -0.05) is 12.1 Å². The Kier molecular flexibility index (Phi) is 33.3. The normalized spacial score (nSPS) is 10.4. The Morgan fingerprint density at radius 3 is 0.820 bits per heavy atom. The fourth-order valence-electron chi connectivity index (χ4n) is 11.9. The van der Waals surface area contributed by atoms with Crippen molar-refractivity contribution in [3.8, 4) is 98.3 Å². The molecule has 0 spiro atoms. The molecule has 122 heavy (non-hydrogen) atoms. The van der Waals surface area contributed by atoms with Gasteiger partial charge in [-0.2, -0.15) is 37.5 Å². The predicted molar refractivity (Wildman–Crippen MR) is 457 cm³/mol. The highest BCUT2D eigenvalue weighted by Gasteiger charge is 2.28. The minimum atomic E-state index is -0.779. The molecule has 636 valence electrons. The van der Waals surface area contributed by atoms with Crippen molar-refractivity contribution in [2.24, 2.45) is 0 Å². The van der Waals surface area contributed by atoms with E-state index in [-0.39, 0.29) is 84.8 Å². The van der Waals surface area contributed by atoms with E-state index in [2.05, 4.69) is 42.5 Å². The highest BCUT2D eigenvalue weighted by molar-refractivity contribution is 14.1. The molecule has 0 bridgehead atoms. The van der Waals surface area contributed by atoms with Crippen molar-refractivity contribution in [3.63, 3.8) is 0 Å². The highest BCUT2D eigenvalue weighted by Crippen LogP contribution is 2.41. The second kappa shape index (κ2) is 44.2. The second-order valence-electron chi connectivity index (χ2n) is 26.2. The molecule has 0 N–H and O–H groups in total. The van der Waals surface area contributed by atoms with Crippen molar-refractivity contribution in [2.75, 3.05) is 83.6 Å². The van der Waals surface area contributed by atoms with Gasteiger partial charge >= 0.3 is 0 Å². The maximum atomic E-state index is 14.0. The van der Waals surface area contributed by atoms with Crippen LogP contribution in [0, 0.1) is 47.0 Å². The Labute approximate surface area is 716 Å². The molecular formula is C91H88F5IN8O17. The quantitative estimate of drug-likeness (QED) is 0.0240. The molecule has 0 aliphatic rings. The molecule has 25 nitrogen and oxygen atoms in total. The number of hydrogen-bond donors (Lipinski definition) is 0. The van der Waals surface area contributed by atoms with Crippen LogP contribution in [-0.4, -0.2) is 108 Å². The van der Waals surface area contributed by atoms with E-state index in [1.807, 2.05) is 38.1 Å². The minimum Gasteiger partial charge on any atom is -0.497 e. The number of carbonyl (C=O) groups excluding carboxylic acids is 4. The summed E-state index contributed by atoms with van der Waals surface area (Å²) in [6, 6.07) is 56.4. The first-order valence-electron chi connectivity index (χ1n) is 37.2. The fraction of sp³-hybridized carbons (Fsp3) is 0.209. The first kappa shape index (κ1) is 91.9. The van der Waals surface area contributed by atoms with Crippen molar-refractivity contribution in [3.05, 3.63) is 279 Å². The molecule has 0 atom stereocenters. The Hall–Kier alpha value is -14.0. The van der Waals surface area contributed by atoms with E-state index in [4.69, 9.17) is 61.6 Å². The smallest absolute Gasteiger partial charge is 0.246 e. The van der Waals surface area contributed by atoms with E-state index in [1.165, 1.54) is 128 Å². The first-order valence-corrected chi connectivity index (χ1v) is 38.2. The van der Waals surface area contributed by atoms with Crippen molar-refractivity contribution < 1.29 is 103 Å². The van der Waals surface area contributed by atoms with E-state index < -0.39 is 29.6 Å². The monoisotopic (exact) mass is 1780 g/mol. The van der Waals surface area contributed by atoms with E-state index in [9.17, 15) is 41.1 Å². The van der Waals surface area contributed by atoms with E-state index in [0.29, 0.717) is 97.2 Å². The Morgan fingerprint density at radius 2 is 0.549 bits per heavy atom. The number of methoxy groups -OCH3 is 9. The average Bonchev–Trinajstić information content (AvgIpc) is 0.816. The number of amides is 4. The van der Waals surface area contributed by atoms with Gasteiger partial charge in [-0.15, -0.1) is 0 Å². The summed E-state index contributed by atoms with van der Waals surface area (Å²) in [4.78, 5) is 71.3. The van der Waals surface area contributed by atoms with E-state index in [0.717, 1.165) is 31.9 Å². The number of aromatic nitrogens is 4. The molecule has 0 aliphatic heterocycles. The van der Waals surface area contributed by atoms with Gasteiger partial charge in [0.1, 0.15) is 103 Å². The molecule has 0 aliphatic carbocycles. The summed E-state index contributed by atoms with van der Waals surface area (Å²) in [7, 11) is 13.9. The van der Waals surface area contributed by atoms with Crippen LogP contribution in [0.25, 0.3) is 0 Å². The summed E-state index contributed by atoms with van der Waals surface area (Å²) in [5.74, 6) is 2.49. The summed E-state index contributed by atoms with van der Waals surface area (Å²) in [5.41, 5.74) is 6.00. The average molecular weight is 1780 g/mol. The lowest BCUT2D eigenvalue weighted by atomic mass is 10.1. The van der Waals surface area contributed by atoms with Gasteiger partial charge in [0.05, 0.1) is 90.2 Å². The maximum absolute atomic E-state index is 14.0. The molecule has 0 fully saturated rings. The lowest BCUT2D eigenvalue weighted by Gasteiger charge is -2.24. The molecule has 12 rings (SSSR count). The number of ether oxygens (including phenoxy) is 13. The van der Waals surface area contributed by atoms with Crippen LogP contribution in [0.2, 0.25) is 0 Å². The van der Waals surface area contributed by atoms with Crippen LogP contribution in [-0.2, 0) is 45.4 Å². The Morgan fingerprint density at radius 1 is 0.295 bits per heavy atom. The number of halogens is 6. The van der Waals surface area contributed by atoms with Gasteiger partial charge in [0.15, 0.2) is 0 Å². The van der Waals surface area contributed by atoms with Crippen LogP contribution in [0.4, 0.5) is 44.7 Å². The molecule has 31 heteroatoms. The molecule has 4 amide bonds. The van der Waals surface area contributed by atoms with E-state index in [1.54, 1.807) is 165 Å². The van der Waals surface area contributed by atoms with Crippen molar-refractivity contribution in [2.45, 2.75) is 67.7 Å². The Bertz CT molecular complexity index is 5440. The predicted octanol–water partition coefficient (Wildman–Crippen LogP) is 19.7. The van der Waals surface area contributed by atoms with Crippen LogP contribution in [0.3, 0.4) is 0 Å². The molecule has 12 aromatic rings. The number of rotatable bonds is 29. The summed E-state index contributed by atoms with van der Waals surface area (Å²) in [6.07, 6.45) is 0. The van der Waals surface area contributed by atoms with Gasteiger partial charge in [0.25, 0.3) is 0 Å². The van der Waals surface area contributed by atoms with Gasteiger partial charge < -0.3 is 81.2 Å². The first-order chi connectivity index (χ1) is 58.6. The number of hydrogen-bond acceptors (Lipinski definition) is 21. The number of carbonyl (C=O) groups is 4. The zero-order chi connectivity index (χ0) is 88.3. The van der Waals surface area contributed by atoms with Gasteiger partial charge in [0, 0.05) is 53.5 Å². The number of nitrogens with zero attached hydrogens (tertiary/aromatic N) is 8. The molecule has 0 saturated carbocycles. The molecule has 0 saturated heterocycles. The molecule has 0 radical (unpaired) electrons. The topological polar surface area (TPSA) is 253 Å². The summed E-state index contributed by atoms with van der Waals surface area (Å²) < 4.78 is 141. The molecule has 0 unspecified atom stereocenters. The third-order valence-electron chi connectivity index (χ3n) is 18.3. The largest absolute Gasteiger partial charge is 0.497 e. The van der Waals surface area contributed by atoms with Gasteiger partial charge in [-0.25, -0.2) is 4.39 Å². The summed E-state index contributed by atoms with van der Waals surface area (Å²) in [5, 5.41) is 0. The van der Waals surface area contributed by atoms with Crippen LogP contribution in [0.1, 0.15) is 61.1 Å². The summed E-state index contributed by atoms with van der Waals surface area (Å²) >= 11 is 2.18. The maximum Gasteiger partial charge on any atom is 0.246 e. The molecule has 8 aromatic carbocycles. The zero-order valence-corrected chi connectivity index (χ0v) is 71.5. The van der Waals surface area contributed by atoms with Crippen LogP contribution in [0.5, 0.6) is 98.3 Å². The lowest BCUT2D eigenvalue weighted by Crippen LogP contribution is -2.28. The van der Waals surface area contributed by atoms with Crippen LogP contribution in [0.15, 0.2) is 212 Å². The zero-order valence-electron chi connectivity index (χ0n) is 69.3. The minimum absolute atomic E-state index is 0.00534. The van der Waals surface area contributed by atoms with Crippen molar-refractivity contribution in [1.29, 1.82) is 0 Å². The third-order valence-corrected chi connectivity index (χ3v) is 19.0. The van der Waals surface area contributed by atoms with Gasteiger partial charge in [-0.3, -0.25) is 19.2 Å². The third kappa shape index (κ3) is 25.1. The second-order valence-corrected chi connectivity index (χ2v) is 27.4. The van der Waals surface area contributed by atoms with Gasteiger partial charge in [0.2, 0.25) is 70.9 Å². The van der Waals surface area contributed by atoms with Crippen molar-refractivity contribution in [1.82, 2.24) is 19.9 Å². The van der Waals surface area contributed by atoms with E-state index >= 15 is 0 Å². The van der Waals surface area contributed by atoms with Crippen LogP contribution >= 0.6 is 22.6 Å². The number of pyridine rings is 4. The van der Waals surface area contributed by atoms with Crippen LogP contribution < -0.4 is 81.2 Å². The highest BCUT2D eigenvalue weighted by atomic mass is 127. The van der Waals surface area contributed by atoms with Gasteiger partial charge in [-0.05, 0) is 248 Å². The number of aryl methyl sites for hydroxylation is 1. The summed E-state index contributed by atoms with van der Waals surface area (Å²) in [6.45, 7) is 10.1. The standard InChI is InChI=1S/C24H25FN2O4.C23H23FN2O5.C22H20F2N2O4.C22H20FIN2O4/c1-15-7-6-8-21(16(15)2)31-24-20(10-12-23(25)26-24)27(17(3)28)14-18-13-19(29-4)9-11-22(18)30-5;1-15(27)26(14-16-13-19(29-3)9-11-21(16)30-4)20-10-12-22(24)25-23(20)31-18-7-5-17(28-2)6-8-18;1-14(27)26(13-15-12-18(28-2)8-10-20(15)29-3)19-9-11-21(24)25-22(19)30-17-6-4-16(23)5-7-17;1-14(27)26(13-15-12-18(28-2)8-10-20(15)29-3)19-9-11-21(23)25-22(19)30-17-6-4-16(24)5-7-17/h6-13H,14H2,1-5H3;5-13H,14H2,1-4H3;2*4-12H,13H2,1-3H3/i25-1;2*24-1;23-1. The Balaban J connectivity index is 0.000000185. The fourth-order valence-corrected chi connectivity index (χ4v) is 12.2. The number of anilines is 4. The number of benzene rings is 8. The molecule has 4 heterocycles. The SMILES string of the molecule is COc1ccc(OC)c(CN(C(C)=O)c2ccc([18F])nc2Oc2ccc(F)cc2)c1.COc1ccc(OC)c(CN(C(C)=O)c2ccc([18F])nc2Oc2ccc(I)cc2)c1.COc1ccc(OC)c(CN(C(C)=O)c2ccc([18F])nc2Oc2cccc(C)c2C)c1.COc1ccc(Oc2nc([18F])ccc2N(Cc2cc(OC)ccc2OC)C(C)=O)cc1. The molecular weight excluding hydrogens is 1690 g/mol. The molecule has 4 aromatic heterocycles. The lowest BCUT2D eigenvalue weighted by molar-refractivity contribution is -0.117.